The first kappa shape index (κ1) is 12.6. The lowest BCUT2D eigenvalue weighted by Crippen LogP contribution is -2.37. The molecular formula is C13H17N3O2. The lowest BCUT2D eigenvalue weighted by Gasteiger charge is -2.11. The van der Waals surface area contributed by atoms with Crippen LogP contribution in [0.4, 0.5) is 0 Å². The van der Waals surface area contributed by atoms with Gasteiger partial charge >= 0.3 is 5.69 Å². The fourth-order valence-corrected chi connectivity index (χ4v) is 1.87. The van der Waals surface area contributed by atoms with Crippen molar-refractivity contribution in [3.63, 3.8) is 0 Å². The van der Waals surface area contributed by atoms with Crippen molar-refractivity contribution < 1.29 is 0 Å². The van der Waals surface area contributed by atoms with Gasteiger partial charge in [-0.05, 0) is 33.2 Å². The quantitative estimate of drug-likeness (QED) is 0.862. The first-order chi connectivity index (χ1) is 8.49. The molecule has 1 heterocycles. The number of aryl methyl sites for hydroxylation is 1. The molecule has 96 valence electrons. The van der Waals surface area contributed by atoms with Gasteiger partial charge in [0, 0.05) is 13.1 Å². The average molecular weight is 247 g/mol. The molecule has 0 radical (unpaired) electrons. The first-order valence-electron chi connectivity index (χ1n) is 5.87. The van der Waals surface area contributed by atoms with Gasteiger partial charge in [-0.15, -0.1) is 0 Å². The highest BCUT2D eigenvalue weighted by molar-refractivity contribution is 5.77. The normalized spacial score (nSPS) is 11.3. The Kier molecular flexibility index (Phi) is 3.34. The van der Waals surface area contributed by atoms with Crippen LogP contribution in [-0.2, 0) is 6.54 Å². The number of hydrogen-bond donors (Lipinski definition) is 1. The summed E-state index contributed by atoms with van der Waals surface area (Å²) in [5, 5.41) is 0.563. The molecule has 5 nitrogen and oxygen atoms in total. The fraction of sp³-hybridized carbons (Fsp3) is 0.385. The Morgan fingerprint density at radius 2 is 2.00 bits per heavy atom. The molecule has 2 rings (SSSR count). The van der Waals surface area contributed by atoms with Crippen molar-refractivity contribution in [2.75, 3.05) is 20.6 Å². The van der Waals surface area contributed by atoms with Crippen molar-refractivity contribution in [3.05, 3.63) is 44.6 Å². The summed E-state index contributed by atoms with van der Waals surface area (Å²) >= 11 is 0. The Morgan fingerprint density at radius 1 is 1.28 bits per heavy atom. The number of fused-ring (bicyclic) bond motifs is 1. The van der Waals surface area contributed by atoms with Crippen LogP contribution in [0.5, 0.6) is 0 Å². The van der Waals surface area contributed by atoms with E-state index in [9.17, 15) is 9.59 Å². The van der Waals surface area contributed by atoms with Crippen LogP contribution >= 0.6 is 0 Å². The zero-order valence-corrected chi connectivity index (χ0v) is 10.9. The molecule has 1 aromatic carbocycles. The van der Waals surface area contributed by atoms with Gasteiger partial charge in [0.15, 0.2) is 0 Å². The predicted octanol–water partition coefficient (Wildman–Crippen LogP) is 0.560. The number of nitrogens with zero attached hydrogens (tertiary/aromatic N) is 2. The molecule has 1 aromatic heterocycles. The van der Waals surface area contributed by atoms with Crippen molar-refractivity contribution in [1.29, 1.82) is 0 Å². The standard InChI is InChI=1S/C13H17N3O2/c1-9-4-5-11-10(8-9)12(17)16(13(18)14-11)7-6-15(2)3/h4-5,8H,6-7H2,1-3H3,(H,14,18). The summed E-state index contributed by atoms with van der Waals surface area (Å²) in [5.74, 6) is 0. The SMILES string of the molecule is Cc1ccc2[nH]c(=O)n(CCN(C)C)c(=O)c2c1. The third-order valence-corrected chi connectivity index (χ3v) is 2.91. The minimum absolute atomic E-state index is 0.223. The number of aromatic amines is 1. The van der Waals surface area contributed by atoms with E-state index in [1.54, 1.807) is 12.1 Å². The monoisotopic (exact) mass is 247 g/mol. The van der Waals surface area contributed by atoms with Crippen molar-refractivity contribution in [2.24, 2.45) is 0 Å². The Labute approximate surface area is 105 Å². The summed E-state index contributed by atoms with van der Waals surface area (Å²) in [7, 11) is 3.81. The maximum atomic E-state index is 12.2. The molecule has 0 bridgehead atoms. The Balaban J connectivity index is 2.60. The van der Waals surface area contributed by atoms with Gasteiger partial charge in [0.25, 0.3) is 5.56 Å². The second-order valence-corrected chi connectivity index (χ2v) is 4.74. The van der Waals surface area contributed by atoms with E-state index in [0.29, 0.717) is 24.0 Å². The number of H-pyrrole nitrogens is 1. The van der Waals surface area contributed by atoms with Gasteiger partial charge in [-0.2, -0.15) is 0 Å². The van der Waals surface area contributed by atoms with Gasteiger partial charge < -0.3 is 9.88 Å². The van der Waals surface area contributed by atoms with E-state index in [2.05, 4.69) is 4.98 Å². The summed E-state index contributed by atoms with van der Waals surface area (Å²) in [6.07, 6.45) is 0. The Bertz CT molecular complexity index is 683. The fourth-order valence-electron chi connectivity index (χ4n) is 1.87. The van der Waals surface area contributed by atoms with Crippen LogP contribution in [0.2, 0.25) is 0 Å². The van der Waals surface area contributed by atoms with Gasteiger partial charge in [0.1, 0.15) is 0 Å². The smallest absolute Gasteiger partial charge is 0.308 e. The summed E-state index contributed by atoms with van der Waals surface area (Å²) in [6, 6.07) is 5.45. The van der Waals surface area contributed by atoms with Crippen LogP contribution < -0.4 is 11.2 Å². The molecule has 0 aliphatic carbocycles. The van der Waals surface area contributed by atoms with Crippen LogP contribution in [0.15, 0.2) is 27.8 Å². The van der Waals surface area contributed by atoms with E-state index >= 15 is 0 Å². The molecule has 2 aromatic rings. The van der Waals surface area contributed by atoms with Crippen molar-refractivity contribution in [3.8, 4) is 0 Å². The second kappa shape index (κ2) is 4.78. The maximum Gasteiger partial charge on any atom is 0.328 e. The molecule has 0 fully saturated rings. The number of nitrogens with one attached hydrogen (secondary N) is 1. The van der Waals surface area contributed by atoms with Gasteiger partial charge in [-0.3, -0.25) is 9.36 Å². The van der Waals surface area contributed by atoms with Crippen LogP contribution in [0.3, 0.4) is 0 Å². The van der Waals surface area contributed by atoms with Crippen LogP contribution in [0.1, 0.15) is 5.56 Å². The molecule has 0 aliphatic rings. The van der Waals surface area contributed by atoms with Crippen LogP contribution in [0.25, 0.3) is 10.9 Å². The highest BCUT2D eigenvalue weighted by atomic mass is 16.2. The summed E-state index contributed by atoms with van der Waals surface area (Å²) in [6.45, 7) is 2.97. The van der Waals surface area contributed by atoms with E-state index in [0.717, 1.165) is 5.56 Å². The lowest BCUT2D eigenvalue weighted by molar-refractivity contribution is 0.377. The number of aromatic nitrogens is 2. The van der Waals surface area contributed by atoms with E-state index in [1.165, 1.54) is 4.57 Å². The Hall–Kier alpha value is -1.88. The largest absolute Gasteiger partial charge is 0.328 e. The van der Waals surface area contributed by atoms with E-state index in [-0.39, 0.29) is 11.2 Å². The van der Waals surface area contributed by atoms with Gasteiger partial charge in [-0.25, -0.2) is 4.79 Å². The average Bonchev–Trinajstić information content (AvgIpc) is 2.30. The molecule has 0 saturated carbocycles. The van der Waals surface area contributed by atoms with E-state index in [1.807, 2.05) is 32.0 Å². The molecule has 0 saturated heterocycles. The predicted molar refractivity (Wildman–Crippen MR) is 72.1 cm³/mol. The Morgan fingerprint density at radius 3 is 2.67 bits per heavy atom. The molecular weight excluding hydrogens is 230 g/mol. The first-order valence-corrected chi connectivity index (χ1v) is 5.87. The maximum absolute atomic E-state index is 12.2. The van der Waals surface area contributed by atoms with E-state index in [4.69, 9.17) is 0 Å². The number of likely N-dealkylation sites (N-methyl/N-ethyl adjacent to an activating group) is 1. The van der Waals surface area contributed by atoms with Crippen molar-refractivity contribution in [2.45, 2.75) is 13.5 Å². The van der Waals surface area contributed by atoms with Crippen molar-refractivity contribution >= 4 is 10.9 Å². The molecule has 0 aliphatic heterocycles. The number of rotatable bonds is 3. The van der Waals surface area contributed by atoms with Crippen LogP contribution in [-0.4, -0.2) is 35.1 Å². The minimum atomic E-state index is -0.349. The van der Waals surface area contributed by atoms with E-state index < -0.39 is 0 Å². The highest BCUT2D eigenvalue weighted by Gasteiger charge is 2.07. The third kappa shape index (κ3) is 2.36. The summed E-state index contributed by atoms with van der Waals surface area (Å²) in [5.41, 5.74) is 1.03. The molecule has 0 amide bonds. The number of benzene rings is 1. The second-order valence-electron chi connectivity index (χ2n) is 4.74. The third-order valence-electron chi connectivity index (χ3n) is 2.91. The molecule has 0 spiro atoms. The molecule has 1 N–H and O–H groups in total. The molecule has 0 atom stereocenters. The van der Waals surface area contributed by atoms with Gasteiger partial charge in [-0.1, -0.05) is 11.6 Å². The molecule has 0 unspecified atom stereocenters. The zero-order valence-electron chi connectivity index (χ0n) is 10.9. The number of hydrogen-bond acceptors (Lipinski definition) is 3. The minimum Gasteiger partial charge on any atom is -0.308 e. The van der Waals surface area contributed by atoms with Gasteiger partial charge in [0.05, 0.1) is 10.9 Å². The molecule has 5 heteroatoms. The lowest BCUT2D eigenvalue weighted by atomic mass is 10.2. The summed E-state index contributed by atoms with van der Waals surface area (Å²) < 4.78 is 1.25. The summed E-state index contributed by atoms with van der Waals surface area (Å²) in [4.78, 5) is 28.8. The molecule has 18 heavy (non-hydrogen) atoms. The topological polar surface area (TPSA) is 58.1 Å². The van der Waals surface area contributed by atoms with Gasteiger partial charge in [0.2, 0.25) is 0 Å². The zero-order chi connectivity index (χ0) is 13.3. The van der Waals surface area contributed by atoms with Crippen LogP contribution in [0, 0.1) is 6.92 Å². The highest BCUT2D eigenvalue weighted by Crippen LogP contribution is 2.07. The van der Waals surface area contributed by atoms with Crippen molar-refractivity contribution in [1.82, 2.24) is 14.5 Å².